The molecule has 1 aromatic carbocycles. The number of rotatable bonds is 5. The number of aryl methyl sites for hydroxylation is 2. The largest absolute Gasteiger partial charge is 0.478 e. The maximum absolute atomic E-state index is 11.1. The molecule has 1 N–H and O–H groups in total. The van der Waals surface area contributed by atoms with Crippen LogP contribution < -0.4 is 0 Å². The molecule has 0 radical (unpaired) electrons. The van der Waals surface area contributed by atoms with Crippen LogP contribution in [0.15, 0.2) is 18.2 Å². The molecule has 0 aliphatic carbocycles. The molecule has 0 aliphatic rings. The van der Waals surface area contributed by atoms with Gasteiger partial charge >= 0.3 is 5.97 Å². The standard InChI is InChI=1S/C13H16N2O4S/c1-9-14-11-8-10(13(16)17)4-5-12(11)15(9)6-3-7-20(2,18)19/h4-5,8H,3,6-7H2,1-2H3,(H,16,17). The van der Waals surface area contributed by atoms with Gasteiger partial charge in [-0.15, -0.1) is 0 Å². The topological polar surface area (TPSA) is 89.3 Å². The summed E-state index contributed by atoms with van der Waals surface area (Å²) < 4.78 is 24.2. The van der Waals surface area contributed by atoms with Crippen molar-refractivity contribution >= 4 is 26.8 Å². The van der Waals surface area contributed by atoms with Gasteiger partial charge in [0, 0.05) is 12.8 Å². The van der Waals surface area contributed by atoms with Crippen LogP contribution in [0.1, 0.15) is 22.6 Å². The molecule has 0 saturated carbocycles. The van der Waals surface area contributed by atoms with E-state index in [9.17, 15) is 13.2 Å². The van der Waals surface area contributed by atoms with Gasteiger partial charge < -0.3 is 9.67 Å². The van der Waals surface area contributed by atoms with Crippen molar-refractivity contribution in [1.29, 1.82) is 0 Å². The zero-order valence-corrected chi connectivity index (χ0v) is 12.1. The lowest BCUT2D eigenvalue weighted by Crippen LogP contribution is -2.08. The lowest BCUT2D eigenvalue weighted by molar-refractivity contribution is 0.0697. The highest BCUT2D eigenvalue weighted by molar-refractivity contribution is 7.90. The fourth-order valence-corrected chi connectivity index (χ4v) is 2.80. The van der Waals surface area contributed by atoms with Crippen LogP contribution >= 0.6 is 0 Å². The fraction of sp³-hybridized carbons (Fsp3) is 0.385. The van der Waals surface area contributed by atoms with Crippen molar-refractivity contribution in [3.63, 3.8) is 0 Å². The number of aromatic carboxylic acids is 1. The zero-order chi connectivity index (χ0) is 14.9. The van der Waals surface area contributed by atoms with Crippen molar-refractivity contribution in [2.75, 3.05) is 12.0 Å². The summed E-state index contributed by atoms with van der Waals surface area (Å²) in [4.78, 5) is 15.2. The van der Waals surface area contributed by atoms with Crippen LogP contribution in [0.25, 0.3) is 11.0 Å². The molecule has 0 atom stereocenters. The highest BCUT2D eigenvalue weighted by atomic mass is 32.2. The van der Waals surface area contributed by atoms with Gasteiger partial charge in [-0.05, 0) is 31.5 Å². The monoisotopic (exact) mass is 296 g/mol. The van der Waals surface area contributed by atoms with Gasteiger partial charge in [-0.3, -0.25) is 0 Å². The van der Waals surface area contributed by atoms with E-state index in [1.807, 2.05) is 11.5 Å². The highest BCUT2D eigenvalue weighted by Crippen LogP contribution is 2.18. The van der Waals surface area contributed by atoms with E-state index < -0.39 is 15.8 Å². The van der Waals surface area contributed by atoms with Crippen LogP contribution in [0.3, 0.4) is 0 Å². The third kappa shape index (κ3) is 3.16. The van der Waals surface area contributed by atoms with Crippen molar-refractivity contribution < 1.29 is 18.3 Å². The molecule has 0 bridgehead atoms. The van der Waals surface area contributed by atoms with E-state index in [0.29, 0.717) is 18.5 Å². The summed E-state index contributed by atoms with van der Waals surface area (Å²) in [5.74, 6) is -0.119. The van der Waals surface area contributed by atoms with Crippen LogP contribution in [-0.4, -0.2) is 41.1 Å². The molecule has 108 valence electrons. The molecule has 0 saturated heterocycles. The number of nitrogens with zero attached hydrogens (tertiary/aromatic N) is 2. The third-order valence-corrected chi connectivity index (χ3v) is 4.11. The average molecular weight is 296 g/mol. The molecule has 2 aromatic rings. The number of imidazole rings is 1. The van der Waals surface area contributed by atoms with Gasteiger partial charge in [-0.2, -0.15) is 0 Å². The Morgan fingerprint density at radius 3 is 2.70 bits per heavy atom. The van der Waals surface area contributed by atoms with E-state index in [-0.39, 0.29) is 11.3 Å². The molecule has 7 heteroatoms. The number of fused-ring (bicyclic) bond motifs is 1. The van der Waals surface area contributed by atoms with Crippen LogP contribution in [0.5, 0.6) is 0 Å². The van der Waals surface area contributed by atoms with E-state index in [4.69, 9.17) is 5.11 Å². The number of sulfone groups is 1. The second-order valence-electron chi connectivity index (χ2n) is 4.80. The zero-order valence-electron chi connectivity index (χ0n) is 11.3. The van der Waals surface area contributed by atoms with Crippen LogP contribution in [0.2, 0.25) is 0 Å². The SMILES string of the molecule is Cc1nc2cc(C(=O)O)ccc2n1CCCS(C)(=O)=O. The molecule has 0 spiro atoms. The Bertz CT molecular complexity index is 762. The quantitative estimate of drug-likeness (QED) is 0.902. The molecule has 6 nitrogen and oxygen atoms in total. The molecule has 1 aromatic heterocycles. The minimum atomic E-state index is -2.97. The first-order valence-electron chi connectivity index (χ1n) is 6.16. The summed E-state index contributed by atoms with van der Waals surface area (Å²) in [5, 5.41) is 8.95. The Balaban J connectivity index is 2.30. The van der Waals surface area contributed by atoms with Crippen molar-refractivity contribution in [2.45, 2.75) is 19.9 Å². The molecule has 0 aliphatic heterocycles. The normalized spacial score (nSPS) is 11.9. The number of hydrogen-bond acceptors (Lipinski definition) is 4. The molecule has 0 unspecified atom stereocenters. The molecule has 0 fully saturated rings. The predicted octanol–water partition coefficient (Wildman–Crippen LogP) is 1.48. The molecule has 2 rings (SSSR count). The third-order valence-electron chi connectivity index (χ3n) is 3.08. The number of carboxylic acids is 1. The van der Waals surface area contributed by atoms with Gasteiger partial charge in [0.2, 0.25) is 0 Å². The summed E-state index contributed by atoms with van der Waals surface area (Å²) in [5.41, 5.74) is 1.63. The molecule has 1 heterocycles. The maximum Gasteiger partial charge on any atom is 0.335 e. The first-order valence-corrected chi connectivity index (χ1v) is 8.22. The van der Waals surface area contributed by atoms with Crippen molar-refractivity contribution in [3.8, 4) is 0 Å². The molecular formula is C13H16N2O4S. The number of benzene rings is 1. The summed E-state index contributed by atoms with van der Waals surface area (Å²) >= 11 is 0. The fourth-order valence-electron chi connectivity index (χ4n) is 2.15. The van der Waals surface area contributed by atoms with Gasteiger partial charge in [0.15, 0.2) is 0 Å². The Hall–Kier alpha value is -1.89. The van der Waals surface area contributed by atoms with Crippen molar-refractivity contribution in [2.24, 2.45) is 0 Å². The van der Waals surface area contributed by atoms with E-state index >= 15 is 0 Å². The predicted molar refractivity (Wildman–Crippen MR) is 75.8 cm³/mol. The van der Waals surface area contributed by atoms with Gasteiger partial charge in [0.25, 0.3) is 0 Å². The average Bonchev–Trinajstić information content (AvgIpc) is 2.63. The van der Waals surface area contributed by atoms with E-state index in [0.717, 1.165) is 11.3 Å². The van der Waals surface area contributed by atoms with Crippen LogP contribution in [-0.2, 0) is 16.4 Å². The summed E-state index contributed by atoms with van der Waals surface area (Å²) in [6.07, 6.45) is 1.72. The van der Waals surface area contributed by atoms with Crippen LogP contribution in [0, 0.1) is 6.92 Å². The second-order valence-corrected chi connectivity index (χ2v) is 7.06. The smallest absolute Gasteiger partial charge is 0.335 e. The van der Waals surface area contributed by atoms with E-state index in [1.54, 1.807) is 6.07 Å². The summed E-state index contributed by atoms with van der Waals surface area (Å²) in [7, 11) is -2.97. The van der Waals surface area contributed by atoms with E-state index in [2.05, 4.69) is 4.98 Å². The number of carboxylic acid groups (broad SMARTS) is 1. The number of hydrogen-bond donors (Lipinski definition) is 1. The van der Waals surface area contributed by atoms with Crippen LogP contribution in [0.4, 0.5) is 0 Å². The molecule has 20 heavy (non-hydrogen) atoms. The first kappa shape index (κ1) is 14.5. The lowest BCUT2D eigenvalue weighted by Gasteiger charge is -2.06. The van der Waals surface area contributed by atoms with Crippen molar-refractivity contribution in [3.05, 3.63) is 29.6 Å². The summed E-state index contributed by atoms with van der Waals surface area (Å²) in [6.45, 7) is 2.36. The van der Waals surface area contributed by atoms with Crippen molar-refractivity contribution in [1.82, 2.24) is 9.55 Å². The summed E-state index contributed by atoms with van der Waals surface area (Å²) in [6, 6.07) is 4.76. The number of carbonyl (C=O) groups is 1. The first-order chi connectivity index (χ1) is 9.28. The number of aromatic nitrogens is 2. The molecular weight excluding hydrogens is 280 g/mol. The Morgan fingerprint density at radius 2 is 2.10 bits per heavy atom. The lowest BCUT2D eigenvalue weighted by atomic mass is 10.2. The minimum Gasteiger partial charge on any atom is -0.478 e. The Morgan fingerprint density at radius 1 is 1.40 bits per heavy atom. The minimum absolute atomic E-state index is 0.124. The van der Waals surface area contributed by atoms with Gasteiger partial charge in [-0.25, -0.2) is 18.2 Å². The van der Waals surface area contributed by atoms with Gasteiger partial charge in [0.05, 0.1) is 22.3 Å². The second kappa shape index (κ2) is 5.24. The van der Waals surface area contributed by atoms with E-state index in [1.165, 1.54) is 18.4 Å². The van der Waals surface area contributed by atoms with Gasteiger partial charge in [0.1, 0.15) is 15.7 Å². The Kier molecular flexibility index (Phi) is 3.80. The Labute approximate surface area is 117 Å². The highest BCUT2D eigenvalue weighted by Gasteiger charge is 2.11. The maximum atomic E-state index is 11.1. The van der Waals surface area contributed by atoms with Gasteiger partial charge in [-0.1, -0.05) is 0 Å². The molecule has 0 amide bonds.